The van der Waals surface area contributed by atoms with Crippen LogP contribution >= 0.6 is 11.3 Å². The van der Waals surface area contributed by atoms with Gasteiger partial charge in [-0.2, -0.15) is 0 Å². The summed E-state index contributed by atoms with van der Waals surface area (Å²) in [5.74, 6) is 0. The molecule has 0 aliphatic carbocycles. The van der Waals surface area contributed by atoms with Gasteiger partial charge in [-0.05, 0) is 64.9 Å². The molecule has 0 bridgehead atoms. The van der Waals surface area contributed by atoms with Gasteiger partial charge in [0.15, 0.2) is 0 Å². The van der Waals surface area contributed by atoms with Gasteiger partial charge in [0, 0.05) is 53.9 Å². The van der Waals surface area contributed by atoms with Crippen molar-refractivity contribution < 1.29 is 4.42 Å². The Hall–Kier alpha value is -5.38. The predicted octanol–water partition coefficient (Wildman–Crippen LogP) is 12.2. The number of furan rings is 1. The number of thiophene rings is 1. The maximum atomic E-state index is 6.35. The highest BCUT2D eigenvalue weighted by Crippen LogP contribution is 2.44. The summed E-state index contributed by atoms with van der Waals surface area (Å²) in [6.45, 7) is 0. The molecule has 0 amide bonds. The van der Waals surface area contributed by atoms with Crippen molar-refractivity contribution in [2.24, 2.45) is 0 Å². The average Bonchev–Trinajstić information content (AvgIpc) is 3.62. The summed E-state index contributed by atoms with van der Waals surface area (Å²) in [7, 11) is 0. The van der Waals surface area contributed by atoms with Crippen molar-refractivity contribution in [2.75, 3.05) is 4.90 Å². The summed E-state index contributed by atoms with van der Waals surface area (Å²) in [4.78, 5) is 2.36. The summed E-state index contributed by atoms with van der Waals surface area (Å²) in [5.41, 5.74) is 7.44. The van der Waals surface area contributed by atoms with Crippen LogP contribution in [0.15, 0.2) is 156 Å². The third kappa shape index (κ3) is 3.93. The van der Waals surface area contributed by atoms with Crippen LogP contribution < -0.4 is 4.90 Å². The van der Waals surface area contributed by atoms with Gasteiger partial charge in [0.25, 0.3) is 0 Å². The molecule has 2 nitrogen and oxygen atoms in total. The zero-order chi connectivity index (χ0) is 28.3. The highest BCUT2D eigenvalue weighted by Gasteiger charge is 2.19. The maximum absolute atomic E-state index is 6.35. The fourth-order valence-electron chi connectivity index (χ4n) is 6.40. The van der Waals surface area contributed by atoms with Gasteiger partial charge in [-0.25, -0.2) is 0 Å². The van der Waals surface area contributed by atoms with Crippen molar-refractivity contribution >= 4 is 81.3 Å². The Morgan fingerprint density at radius 1 is 0.442 bits per heavy atom. The van der Waals surface area contributed by atoms with E-state index in [1.165, 1.54) is 42.1 Å². The number of rotatable bonds is 4. The van der Waals surface area contributed by atoms with Crippen LogP contribution in [-0.4, -0.2) is 0 Å². The molecule has 0 saturated carbocycles. The first-order valence-corrected chi connectivity index (χ1v) is 15.3. The minimum absolute atomic E-state index is 0.883. The van der Waals surface area contributed by atoms with Gasteiger partial charge in [0.05, 0.1) is 5.69 Å². The molecule has 9 aromatic rings. The molecule has 0 atom stereocenters. The molecule has 0 unspecified atom stereocenters. The van der Waals surface area contributed by atoms with E-state index in [4.69, 9.17) is 4.42 Å². The number of fused-ring (bicyclic) bond motifs is 7. The normalized spacial score (nSPS) is 11.7. The topological polar surface area (TPSA) is 16.4 Å². The highest BCUT2D eigenvalue weighted by molar-refractivity contribution is 7.25. The fraction of sp³-hybridized carbons (Fsp3) is 0. The lowest BCUT2D eigenvalue weighted by molar-refractivity contribution is 0.669. The van der Waals surface area contributed by atoms with Crippen LogP contribution in [0.4, 0.5) is 17.1 Å². The van der Waals surface area contributed by atoms with Crippen LogP contribution in [0.25, 0.3) is 64.0 Å². The number of para-hydroxylation sites is 2. The fourth-order valence-corrected chi connectivity index (χ4v) is 7.55. The van der Waals surface area contributed by atoms with Gasteiger partial charge in [0.2, 0.25) is 0 Å². The Balaban J connectivity index is 1.27. The molecule has 3 heteroatoms. The number of nitrogens with zero attached hydrogens (tertiary/aromatic N) is 1. The first-order chi connectivity index (χ1) is 21.3. The number of anilines is 3. The Morgan fingerprint density at radius 2 is 1.12 bits per heavy atom. The zero-order valence-corrected chi connectivity index (χ0v) is 24.0. The van der Waals surface area contributed by atoms with Crippen LogP contribution in [0.2, 0.25) is 0 Å². The van der Waals surface area contributed by atoms with Crippen LogP contribution in [0, 0.1) is 0 Å². The number of hydrogen-bond acceptors (Lipinski definition) is 3. The summed E-state index contributed by atoms with van der Waals surface area (Å²) < 4.78 is 8.97. The third-order valence-corrected chi connectivity index (χ3v) is 9.58. The van der Waals surface area contributed by atoms with Crippen LogP contribution in [0.1, 0.15) is 0 Å². The molecular weight excluding hydrogens is 543 g/mol. The lowest BCUT2D eigenvalue weighted by Gasteiger charge is -2.28. The van der Waals surface area contributed by atoms with Gasteiger partial charge in [0.1, 0.15) is 11.2 Å². The SMILES string of the molecule is c1ccc(N(c2ccc3ccccc3c2)c2ccc3c(c2)oc2ccccc23)c(-c2ccc3c(c2)sc2ccccc23)c1. The van der Waals surface area contributed by atoms with E-state index >= 15 is 0 Å². The molecule has 7 aromatic carbocycles. The van der Waals surface area contributed by atoms with Crippen molar-refractivity contribution in [2.45, 2.75) is 0 Å². The molecule has 2 heterocycles. The number of hydrogen-bond donors (Lipinski definition) is 0. The smallest absolute Gasteiger partial charge is 0.137 e. The van der Waals surface area contributed by atoms with E-state index in [-0.39, 0.29) is 0 Å². The quantitative estimate of drug-likeness (QED) is 0.210. The predicted molar refractivity (Wildman–Crippen MR) is 184 cm³/mol. The van der Waals surface area contributed by atoms with Gasteiger partial charge < -0.3 is 9.32 Å². The highest BCUT2D eigenvalue weighted by atomic mass is 32.1. The first kappa shape index (κ1) is 24.2. The van der Waals surface area contributed by atoms with E-state index in [2.05, 4.69) is 144 Å². The van der Waals surface area contributed by atoms with Crippen LogP contribution in [-0.2, 0) is 0 Å². The molecule has 0 aliphatic rings. The van der Waals surface area contributed by atoms with E-state index in [0.717, 1.165) is 39.0 Å². The minimum atomic E-state index is 0.883. The Kier molecular flexibility index (Phi) is 5.40. The molecule has 0 spiro atoms. The molecule has 0 saturated heterocycles. The summed E-state index contributed by atoms with van der Waals surface area (Å²) in [5, 5.41) is 7.32. The molecule has 202 valence electrons. The van der Waals surface area contributed by atoms with Crippen molar-refractivity contribution in [1.82, 2.24) is 0 Å². The Labute approximate surface area is 252 Å². The van der Waals surface area contributed by atoms with Gasteiger partial charge in [-0.1, -0.05) is 97.1 Å². The lowest BCUT2D eigenvalue weighted by Crippen LogP contribution is -2.11. The molecule has 9 rings (SSSR count). The molecule has 2 aromatic heterocycles. The monoisotopic (exact) mass is 567 g/mol. The molecule has 43 heavy (non-hydrogen) atoms. The zero-order valence-electron chi connectivity index (χ0n) is 23.2. The second-order valence-electron chi connectivity index (χ2n) is 11.0. The van der Waals surface area contributed by atoms with E-state index in [1.807, 2.05) is 23.5 Å². The van der Waals surface area contributed by atoms with E-state index in [1.54, 1.807) is 0 Å². The molecule has 0 aliphatic heterocycles. The van der Waals surface area contributed by atoms with Crippen LogP contribution in [0.5, 0.6) is 0 Å². The third-order valence-electron chi connectivity index (χ3n) is 8.45. The second kappa shape index (κ2) is 9.59. The summed E-state index contributed by atoms with van der Waals surface area (Å²) in [6, 6.07) is 54.4. The van der Waals surface area contributed by atoms with Crippen molar-refractivity contribution in [3.05, 3.63) is 152 Å². The van der Waals surface area contributed by atoms with E-state index < -0.39 is 0 Å². The molecule has 0 fully saturated rings. The van der Waals surface area contributed by atoms with Gasteiger partial charge in [-0.15, -0.1) is 11.3 Å². The van der Waals surface area contributed by atoms with Crippen LogP contribution in [0.3, 0.4) is 0 Å². The van der Waals surface area contributed by atoms with Crippen molar-refractivity contribution in [3.63, 3.8) is 0 Å². The largest absolute Gasteiger partial charge is 0.456 e. The Morgan fingerprint density at radius 3 is 2.07 bits per heavy atom. The standard InChI is InChI=1S/C40H25NOS/c1-2-10-27-23-29(19-17-26(27)9-1)41(30-20-22-33-32-12-4-7-15-37(32)42-38(33)25-30)36-14-6-3-11-31(36)28-18-21-35-34-13-5-8-16-39(34)43-40(35)24-28/h1-25H. The Bertz CT molecular complexity index is 2480. The van der Waals surface area contributed by atoms with E-state index in [0.29, 0.717) is 0 Å². The van der Waals surface area contributed by atoms with Gasteiger partial charge >= 0.3 is 0 Å². The van der Waals surface area contributed by atoms with Crippen molar-refractivity contribution in [3.8, 4) is 11.1 Å². The summed E-state index contributed by atoms with van der Waals surface area (Å²) in [6.07, 6.45) is 0. The first-order valence-electron chi connectivity index (χ1n) is 14.5. The number of benzene rings is 7. The minimum Gasteiger partial charge on any atom is -0.456 e. The van der Waals surface area contributed by atoms with E-state index in [9.17, 15) is 0 Å². The molecule has 0 N–H and O–H groups in total. The molecule has 0 radical (unpaired) electrons. The summed E-state index contributed by atoms with van der Waals surface area (Å²) >= 11 is 1.86. The molecular formula is C40H25NOS. The van der Waals surface area contributed by atoms with Crippen molar-refractivity contribution in [1.29, 1.82) is 0 Å². The lowest BCUT2D eigenvalue weighted by atomic mass is 10.00. The maximum Gasteiger partial charge on any atom is 0.137 e. The second-order valence-corrected chi connectivity index (χ2v) is 12.1. The average molecular weight is 568 g/mol. The van der Waals surface area contributed by atoms with Gasteiger partial charge in [-0.3, -0.25) is 0 Å².